The summed E-state index contributed by atoms with van der Waals surface area (Å²) < 4.78 is 2.57. The van der Waals surface area contributed by atoms with Gasteiger partial charge in [0.1, 0.15) is 6.54 Å². The van der Waals surface area contributed by atoms with Crippen molar-refractivity contribution in [2.75, 3.05) is 6.54 Å². The first-order chi connectivity index (χ1) is 15.6. The fraction of sp³-hybridized carbons (Fsp3) is 0.200. The third-order valence-corrected chi connectivity index (χ3v) is 5.28. The van der Waals surface area contributed by atoms with Crippen LogP contribution in [-0.4, -0.2) is 26.6 Å². The highest BCUT2D eigenvalue weighted by molar-refractivity contribution is 5.78. The first-order valence-corrected chi connectivity index (χ1v) is 10.6. The summed E-state index contributed by atoms with van der Waals surface area (Å²) in [6.07, 6.45) is 3.21. The number of aryl methyl sites for hydroxylation is 1. The molecule has 0 spiro atoms. The second kappa shape index (κ2) is 9.87. The zero-order valence-corrected chi connectivity index (χ0v) is 17.6. The van der Waals surface area contributed by atoms with E-state index in [2.05, 4.69) is 10.3 Å². The number of benzene rings is 2. The van der Waals surface area contributed by atoms with Crippen LogP contribution in [0, 0.1) is 0 Å². The Hall–Kier alpha value is -4.00. The molecule has 7 heteroatoms. The molecule has 0 fully saturated rings. The molecule has 4 aromatic rings. The summed E-state index contributed by atoms with van der Waals surface area (Å²) in [6.45, 7) is 0.493. The van der Waals surface area contributed by atoms with Gasteiger partial charge in [0, 0.05) is 12.7 Å². The number of nitrogens with zero attached hydrogens (tertiary/aromatic N) is 3. The van der Waals surface area contributed by atoms with Gasteiger partial charge in [0.25, 0.3) is 0 Å². The van der Waals surface area contributed by atoms with Gasteiger partial charge in [0.2, 0.25) is 5.91 Å². The highest BCUT2D eigenvalue weighted by atomic mass is 16.2. The quantitative estimate of drug-likeness (QED) is 0.345. The van der Waals surface area contributed by atoms with Crippen LogP contribution in [0.3, 0.4) is 0 Å². The van der Waals surface area contributed by atoms with Crippen molar-refractivity contribution in [1.82, 2.24) is 19.4 Å². The predicted octanol–water partition coefficient (Wildman–Crippen LogP) is 2.36. The van der Waals surface area contributed by atoms with Crippen molar-refractivity contribution in [2.24, 2.45) is 0 Å². The van der Waals surface area contributed by atoms with Crippen LogP contribution < -0.4 is 16.4 Å². The number of carbonyl (C=O) groups excluding carboxylic acids is 1. The van der Waals surface area contributed by atoms with E-state index in [1.54, 1.807) is 18.3 Å². The number of hydrogen-bond donors (Lipinski definition) is 1. The zero-order valence-electron chi connectivity index (χ0n) is 17.6. The molecule has 4 rings (SSSR count). The molecular weight excluding hydrogens is 404 g/mol. The molecule has 1 amide bonds. The van der Waals surface area contributed by atoms with Crippen molar-refractivity contribution < 1.29 is 4.79 Å². The second-order valence-corrected chi connectivity index (χ2v) is 7.55. The Kier molecular flexibility index (Phi) is 6.55. The van der Waals surface area contributed by atoms with Crippen LogP contribution >= 0.6 is 0 Å². The fourth-order valence-electron chi connectivity index (χ4n) is 3.68. The van der Waals surface area contributed by atoms with Gasteiger partial charge in [0.15, 0.2) is 5.65 Å². The summed E-state index contributed by atoms with van der Waals surface area (Å²) in [6, 6.07) is 22.8. The van der Waals surface area contributed by atoms with Crippen molar-refractivity contribution in [1.29, 1.82) is 0 Å². The summed E-state index contributed by atoms with van der Waals surface area (Å²) in [5, 5.41) is 2.84. The number of hydrogen-bond acceptors (Lipinski definition) is 4. The first-order valence-electron chi connectivity index (χ1n) is 10.6. The van der Waals surface area contributed by atoms with Crippen LogP contribution in [0.15, 0.2) is 88.6 Å². The van der Waals surface area contributed by atoms with Crippen molar-refractivity contribution in [3.05, 3.63) is 111 Å². The third-order valence-electron chi connectivity index (χ3n) is 5.28. The first kappa shape index (κ1) is 21.2. The van der Waals surface area contributed by atoms with Crippen molar-refractivity contribution in [2.45, 2.75) is 25.9 Å². The standard InChI is InChI=1S/C25H24N4O3/c30-22(26-15-7-13-19-9-3-1-4-10-19)18-28-21-14-8-16-27-23(21)29(25(32)24(28)31)17-20-11-5-2-6-12-20/h1-6,8-12,14,16H,7,13,15,17-18H2,(H,26,30). The molecule has 0 aliphatic rings. The maximum absolute atomic E-state index is 12.9. The van der Waals surface area contributed by atoms with E-state index in [-0.39, 0.29) is 19.0 Å². The minimum atomic E-state index is -0.735. The molecular formula is C25H24N4O3. The van der Waals surface area contributed by atoms with E-state index in [9.17, 15) is 14.4 Å². The van der Waals surface area contributed by atoms with Crippen molar-refractivity contribution >= 4 is 17.1 Å². The molecule has 0 atom stereocenters. The summed E-state index contributed by atoms with van der Waals surface area (Å²) in [7, 11) is 0. The number of amides is 1. The van der Waals surface area contributed by atoms with E-state index in [0.717, 1.165) is 18.4 Å². The van der Waals surface area contributed by atoms with Crippen molar-refractivity contribution in [3.8, 4) is 0 Å². The molecule has 0 bridgehead atoms. The van der Waals surface area contributed by atoms with Crippen LogP contribution in [0.4, 0.5) is 0 Å². The molecule has 0 saturated carbocycles. The van der Waals surface area contributed by atoms with Gasteiger partial charge in [-0.05, 0) is 36.1 Å². The summed E-state index contributed by atoms with van der Waals surface area (Å²) >= 11 is 0. The Morgan fingerprint density at radius 1 is 0.812 bits per heavy atom. The van der Waals surface area contributed by atoms with E-state index in [0.29, 0.717) is 17.7 Å². The lowest BCUT2D eigenvalue weighted by Gasteiger charge is -2.14. The molecule has 0 aliphatic carbocycles. The molecule has 7 nitrogen and oxygen atoms in total. The summed E-state index contributed by atoms with van der Waals surface area (Å²) in [5.74, 6) is -0.314. The largest absolute Gasteiger partial charge is 0.355 e. The van der Waals surface area contributed by atoms with Crippen LogP contribution in [-0.2, 0) is 24.3 Å². The number of carbonyl (C=O) groups is 1. The Bertz CT molecular complexity index is 1330. The van der Waals surface area contributed by atoms with Crippen LogP contribution in [0.2, 0.25) is 0 Å². The molecule has 0 unspecified atom stereocenters. The molecule has 0 saturated heterocycles. The normalized spacial score (nSPS) is 10.9. The number of rotatable bonds is 8. The van der Waals surface area contributed by atoms with Gasteiger partial charge in [-0.2, -0.15) is 0 Å². The smallest absolute Gasteiger partial charge is 0.318 e. The zero-order chi connectivity index (χ0) is 22.3. The minimum absolute atomic E-state index is 0.228. The molecule has 2 aromatic carbocycles. The van der Waals surface area contributed by atoms with Gasteiger partial charge in [-0.15, -0.1) is 0 Å². The third kappa shape index (κ3) is 4.83. The van der Waals surface area contributed by atoms with Crippen molar-refractivity contribution in [3.63, 3.8) is 0 Å². The van der Waals surface area contributed by atoms with E-state index in [1.165, 1.54) is 14.7 Å². The average molecular weight is 428 g/mol. The number of pyridine rings is 1. The van der Waals surface area contributed by atoms with Gasteiger partial charge in [-0.25, -0.2) is 4.98 Å². The minimum Gasteiger partial charge on any atom is -0.355 e. The number of nitrogens with one attached hydrogen (secondary N) is 1. The molecule has 0 radical (unpaired) electrons. The topological polar surface area (TPSA) is 86.0 Å². The Labute approximate surface area is 185 Å². The Morgan fingerprint density at radius 3 is 2.19 bits per heavy atom. The molecule has 2 heterocycles. The summed E-state index contributed by atoms with van der Waals surface area (Å²) in [4.78, 5) is 42.6. The second-order valence-electron chi connectivity index (χ2n) is 7.55. The van der Waals surface area contributed by atoms with Gasteiger partial charge in [-0.3, -0.25) is 23.5 Å². The number of fused-ring (bicyclic) bond motifs is 1. The monoisotopic (exact) mass is 428 g/mol. The van der Waals surface area contributed by atoms with Crippen LogP contribution in [0.25, 0.3) is 11.2 Å². The Morgan fingerprint density at radius 2 is 1.47 bits per heavy atom. The molecule has 32 heavy (non-hydrogen) atoms. The lowest BCUT2D eigenvalue weighted by Crippen LogP contribution is -2.44. The number of aromatic nitrogens is 3. The van der Waals surface area contributed by atoms with E-state index >= 15 is 0 Å². The molecule has 2 aromatic heterocycles. The van der Waals surface area contributed by atoms with E-state index in [4.69, 9.17) is 0 Å². The Balaban J connectivity index is 1.52. The fourth-order valence-corrected chi connectivity index (χ4v) is 3.68. The lowest BCUT2D eigenvalue weighted by molar-refractivity contribution is -0.121. The lowest BCUT2D eigenvalue weighted by atomic mass is 10.1. The van der Waals surface area contributed by atoms with Gasteiger partial charge < -0.3 is 5.32 Å². The van der Waals surface area contributed by atoms with Crippen LogP contribution in [0.1, 0.15) is 17.5 Å². The molecule has 162 valence electrons. The van der Waals surface area contributed by atoms with Gasteiger partial charge in [-0.1, -0.05) is 60.7 Å². The highest BCUT2D eigenvalue weighted by Gasteiger charge is 2.16. The van der Waals surface area contributed by atoms with Crippen LogP contribution in [0.5, 0.6) is 0 Å². The summed E-state index contributed by atoms with van der Waals surface area (Å²) in [5.41, 5.74) is 1.48. The average Bonchev–Trinajstić information content (AvgIpc) is 2.83. The highest BCUT2D eigenvalue weighted by Crippen LogP contribution is 2.10. The maximum atomic E-state index is 12.9. The SMILES string of the molecule is O=C(Cn1c(=O)c(=O)n(Cc2ccccc2)c2ncccc21)NCCCc1ccccc1. The predicted molar refractivity (Wildman–Crippen MR) is 124 cm³/mol. The molecule has 1 N–H and O–H groups in total. The molecule has 0 aliphatic heterocycles. The van der Waals surface area contributed by atoms with Gasteiger partial charge >= 0.3 is 11.1 Å². The van der Waals surface area contributed by atoms with Gasteiger partial charge in [0.05, 0.1) is 12.1 Å². The van der Waals surface area contributed by atoms with E-state index < -0.39 is 11.1 Å². The van der Waals surface area contributed by atoms with E-state index in [1.807, 2.05) is 60.7 Å². The maximum Gasteiger partial charge on any atom is 0.318 e.